The molecule has 1 aliphatic heterocycles. The number of aryl methyl sites for hydroxylation is 1. The number of nitrogens with zero attached hydrogens (tertiary/aromatic N) is 3. The maximum absolute atomic E-state index is 11.6. The molecule has 0 saturated heterocycles. The van der Waals surface area contributed by atoms with Crippen molar-refractivity contribution in [1.82, 2.24) is 14.1 Å². The highest BCUT2D eigenvalue weighted by atomic mass is 32.2. The Hall–Kier alpha value is -0.880. The molecule has 17 heavy (non-hydrogen) atoms. The van der Waals surface area contributed by atoms with Gasteiger partial charge in [-0.15, -0.1) is 0 Å². The molecule has 5 nitrogen and oxygen atoms in total. The Labute approximate surface area is 102 Å². The molecule has 1 aromatic heterocycles. The van der Waals surface area contributed by atoms with Gasteiger partial charge in [-0.1, -0.05) is 13.8 Å². The van der Waals surface area contributed by atoms with Gasteiger partial charge in [0.25, 0.3) is 0 Å². The molecule has 0 aliphatic carbocycles. The summed E-state index contributed by atoms with van der Waals surface area (Å²) in [6.07, 6.45) is 1.26. The highest BCUT2D eigenvalue weighted by Crippen LogP contribution is 2.31. The van der Waals surface area contributed by atoms with Gasteiger partial charge in [-0.25, -0.2) is 8.42 Å². The van der Waals surface area contributed by atoms with Gasteiger partial charge in [0.15, 0.2) is 0 Å². The van der Waals surface area contributed by atoms with Gasteiger partial charge < -0.3 is 0 Å². The summed E-state index contributed by atoms with van der Waals surface area (Å²) < 4.78 is 26.6. The van der Waals surface area contributed by atoms with E-state index in [0.717, 1.165) is 23.5 Å². The van der Waals surface area contributed by atoms with E-state index in [1.165, 1.54) is 10.6 Å². The number of hydrogen-bond donors (Lipinski definition) is 0. The van der Waals surface area contributed by atoms with Gasteiger partial charge in [-0.3, -0.25) is 4.68 Å². The Balaban J connectivity index is 2.44. The first-order valence-electron chi connectivity index (χ1n) is 5.88. The minimum Gasteiger partial charge on any atom is -0.268 e. The molecule has 1 aliphatic rings. The van der Waals surface area contributed by atoms with Crippen LogP contribution in [0.15, 0.2) is 0 Å². The fraction of sp³-hybridized carbons (Fsp3) is 0.727. The van der Waals surface area contributed by atoms with E-state index < -0.39 is 10.0 Å². The third-order valence-corrected chi connectivity index (χ3v) is 4.37. The maximum atomic E-state index is 11.6. The molecular weight excluding hydrogens is 238 g/mol. The van der Waals surface area contributed by atoms with Crippen LogP contribution < -0.4 is 0 Å². The molecule has 0 spiro atoms. The second-order valence-electron chi connectivity index (χ2n) is 4.81. The van der Waals surface area contributed by atoms with Crippen LogP contribution in [-0.4, -0.2) is 28.8 Å². The summed E-state index contributed by atoms with van der Waals surface area (Å²) >= 11 is 0. The number of rotatable bonds is 3. The largest absolute Gasteiger partial charge is 0.268 e. The van der Waals surface area contributed by atoms with Crippen LogP contribution >= 0.6 is 0 Å². The van der Waals surface area contributed by atoms with Crippen molar-refractivity contribution in [2.75, 3.05) is 6.26 Å². The summed E-state index contributed by atoms with van der Waals surface area (Å²) in [7, 11) is -3.12. The summed E-state index contributed by atoms with van der Waals surface area (Å²) in [4.78, 5) is 0. The fourth-order valence-electron chi connectivity index (χ4n) is 2.26. The smallest absolute Gasteiger partial charge is 0.211 e. The number of fused-ring (bicyclic) bond motifs is 1. The Morgan fingerprint density at radius 1 is 1.35 bits per heavy atom. The van der Waals surface area contributed by atoms with Crippen molar-refractivity contribution in [3.63, 3.8) is 0 Å². The summed E-state index contributed by atoms with van der Waals surface area (Å²) in [5, 5.41) is 4.56. The lowest BCUT2D eigenvalue weighted by Crippen LogP contribution is -2.25. The lowest BCUT2D eigenvalue weighted by Gasteiger charge is -2.13. The molecular formula is C11H19N3O2S. The van der Waals surface area contributed by atoms with Crippen molar-refractivity contribution in [3.05, 3.63) is 17.0 Å². The van der Waals surface area contributed by atoms with Crippen LogP contribution in [0.2, 0.25) is 0 Å². The van der Waals surface area contributed by atoms with Crippen LogP contribution in [0.5, 0.6) is 0 Å². The third-order valence-electron chi connectivity index (χ3n) is 3.17. The minimum atomic E-state index is -3.12. The van der Waals surface area contributed by atoms with Gasteiger partial charge in [-0.05, 0) is 12.8 Å². The minimum absolute atomic E-state index is 0.330. The second-order valence-corrected chi connectivity index (χ2v) is 6.79. The second kappa shape index (κ2) is 4.10. The normalized spacial score (nSPS) is 16.8. The van der Waals surface area contributed by atoms with Gasteiger partial charge in [0.1, 0.15) is 0 Å². The monoisotopic (exact) mass is 257 g/mol. The van der Waals surface area contributed by atoms with E-state index in [-0.39, 0.29) is 0 Å². The Morgan fingerprint density at radius 3 is 2.47 bits per heavy atom. The standard InChI is InChI=1S/C11H19N3O2S/c1-5-14-10-7-13(17(4,15)16)6-9(10)11(12-14)8(2)3/h8H,5-7H2,1-4H3. The van der Waals surface area contributed by atoms with Crippen LogP contribution in [0.4, 0.5) is 0 Å². The number of aromatic nitrogens is 2. The quantitative estimate of drug-likeness (QED) is 0.820. The molecule has 2 rings (SSSR count). The van der Waals surface area contributed by atoms with Crippen molar-refractivity contribution in [2.24, 2.45) is 0 Å². The van der Waals surface area contributed by atoms with Crippen LogP contribution in [0.3, 0.4) is 0 Å². The predicted octanol–water partition coefficient (Wildman–Crippen LogP) is 1.30. The van der Waals surface area contributed by atoms with E-state index in [2.05, 4.69) is 18.9 Å². The molecule has 0 saturated carbocycles. The molecule has 0 aromatic carbocycles. The Kier molecular flexibility index (Phi) is 3.03. The summed E-state index contributed by atoms with van der Waals surface area (Å²) in [6.45, 7) is 7.92. The maximum Gasteiger partial charge on any atom is 0.211 e. The van der Waals surface area contributed by atoms with Gasteiger partial charge in [0.05, 0.1) is 24.2 Å². The van der Waals surface area contributed by atoms with E-state index in [1.807, 2.05) is 11.6 Å². The van der Waals surface area contributed by atoms with E-state index in [4.69, 9.17) is 0 Å². The average Bonchev–Trinajstić information content (AvgIpc) is 2.72. The first kappa shape index (κ1) is 12.6. The topological polar surface area (TPSA) is 55.2 Å². The van der Waals surface area contributed by atoms with Crippen molar-refractivity contribution >= 4 is 10.0 Å². The van der Waals surface area contributed by atoms with Crippen LogP contribution in [0.1, 0.15) is 43.6 Å². The number of hydrogen-bond acceptors (Lipinski definition) is 3. The zero-order valence-electron chi connectivity index (χ0n) is 10.8. The van der Waals surface area contributed by atoms with Gasteiger partial charge in [0.2, 0.25) is 10.0 Å². The highest BCUT2D eigenvalue weighted by molar-refractivity contribution is 7.88. The summed E-state index contributed by atoms with van der Waals surface area (Å²) in [5.74, 6) is 0.330. The van der Waals surface area contributed by atoms with Crippen LogP contribution in [-0.2, 0) is 29.7 Å². The van der Waals surface area contributed by atoms with Crippen molar-refractivity contribution in [1.29, 1.82) is 0 Å². The molecule has 0 amide bonds. The first-order chi connectivity index (χ1) is 7.84. The van der Waals surface area contributed by atoms with E-state index in [1.54, 1.807) is 0 Å². The van der Waals surface area contributed by atoms with Gasteiger partial charge in [-0.2, -0.15) is 9.40 Å². The molecule has 0 atom stereocenters. The van der Waals surface area contributed by atoms with Gasteiger partial charge in [0, 0.05) is 18.7 Å². The Morgan fingerprint density at radius 2 is 2.00 bits per heavy atom. The molecule has 0 bridgehead atoms. The first-order valence-corrected chi connectivity index (χ1v) is 7.73. The van der Waals surface area contributed by atoms with Crippen molar-refractivity contribution in [2.45, 2.75) is 46.3 Å². The molecule has 0 unspecified atom stereocenters. The Bertz CT molecular complexity index is 531. The predicted molar refractivity (Wildman–Crippen MR) is 66.1 cm³/mol. The molecule has 96 valence electrons. The lowest BCUT2D eigenvalue weighted by molar-refractivity contribution is 0.420. The molecule has 0 fully saturated rings. The zero-order valence-corrected chi connectivity index (χ0v) is 11.6. The SMILES string of the molecule is CCn1nc(C(C)C)c2c1CN(S(C)(=O)=O)C2. The average molecular weight is 257 g/mol. The lowest BCUT2D eigenvalue weighted by atomic mass is 10.1. The van der Waals surface area contributed by atoms with Crippen molar-refractivity contribution < 1.29 is 8.42 Å². The number of sulfonamides is 1. The highest BCUT2D eigenvalue weighted by Gasteiger charge is 2.32. The molecule has 2 heterocycles. The van der Waals surface area contributed by atoms with E-state index >= 15 is 0 Å². The third kappa shape index (κ3) is 2.11. The molecule has 1 aromatic rings. The van der Waals surface area contributed by atoms with Crippen LogP contribution in [0, 0.1) is 0 Å². The summed E-state index contributed by atoms with van der Waals surface area (Å²) in [6, 6.07) is 0. The fourth-order valence-corrected chi connectivity index (χ4v) is 2.98. The summed E-state index contributed by atoms with van der Waals surface area (Å²) in [5.41, 5.74) is 3.20. The van der Waals surface area contributed by atoms with Gasteiger partial charge >= 0.3 is 0 Å². The van der Waals surface area contributed by atoms with E-state index in [0.29, 0.717) is 19.0 Å². The van der Waals surface area contributed by atoms with E-state index in [9.17, 15) is 8.42 Å². The molecule has 0 N–H and O–H groups in total. The van der Waals surface area contributed by atoms with Crippen molar-refractivity contribution in [3.8, 4) is 0 Å². The molecule has 6 heteroatoms. The van der Waals surface area contributed by atoms with Crippen LogP contribution in [0.25, 0.3) is 0 Å². The zero-order chi connectivity index (χ0) is 12.8. The molecule has 0 radical (unpaired) electrons.